The number of nitrogens with zero attached hydrogens (tertiary/aromatic N) is 1. The van der Waals surface area contributed by atoms with E-state index in [0.717, 1.165) is 21.9 Å². The van der Waals surface area contributed by atoms with Crippen molar-refractivity contribution in [1.29, 1.82) is 0 Å². The number of hydrogen-bond donors (Lipinski definition) is 0. The van der Waals surface area contributed by atoms with Crippen molar-refractivity contribution in [2.75, 3.05) is 0 Å². The minimum absolute atomic E-state index is 0.472. The van der Waals surface area contributed by atoms with Crippen molar-refractivity contribution in [3.8, 4) is 11.1 Å². The van der Waals surface area contributed by atoms with Crippen molar-refractivity contribution in [3.05, 3.63) is 52.8 Å². The maximum Gasteiger partial charge on any atom is 0.169 e. The van der Waals surface area contributed by atoms with E-state index in [-0.39, 0.29) is 0 Å². The number of hydrogen-bond acceptors (Lipinski definition) is 2. The van der Waals surface area contributed by atoms with Crippen molar-refractivity contribution >= 4 is 22.2 Å². The van der Waals surface area contributed by atoms with E-state index in [0.29, 0.717) is 5.69 Å². The van der Waals surface area contributed by atoms with E-state index >= 15 is 0 Å². The fourth-order valence-corrected chi connectivity index (χ4v) is 1.65. The van der Waals surface area contributed by atoms with Gasteiger partial charge >= 0.3 is 0 Å². The molecule has 2 rings (SSSR count). The van der Waals surface area contributed by atoms with Gasteiger partial charge in [0.25, 0.3) is 0 Å². The molecule has 0 saturated heterocycles. The van der Waals surface area contributed by atoms with Crippen molar-refractivity contribution < 1.29 is 4.79 Å². The number of pyridine rings is 1. The summed E-state index contributed by atoms with van der Waals surface area (Å²) in [5.74, 6) is 0. The summed E-state index contributed by atoms with van der Waals surface area (Å²) in [5.41, 5.74) is 2.33. The van der Waals surface area contributed by atoms with Gasteiger partial charge in [0.05, 0.1) is 0 Å². The fraction of sp³-hybridized carbons (Fsp3) is 0. The number of carbonyl (C=O) groups excluding carboxylic acids is 1. The van der Waals surface area contributed by atoms with E-state index in [9.17, 15) is 4.79 Å². The van der Waals surface area contributed by atoms with Gasteiger partial charge in [0.2, 0.25) is 0 Å². The topological polar surface area (TPSA) is 30.0 Å². The molecule has 0 saturated carbocycles. The van der Waals surface area contributed by atoms with Gasteiger partial charge in [-0.05, 0) is 23.8 Å². The number of rotatable bonds is 2. The first-order valence-electron chi connectivity index (χ1n) is 4.47. The van der Waals surface area contributed by atoms with E-state index < -0.39 is 0 Å². The maximum atomic E-state index is 10.8. The Labute approximate surface area is 96.1 Å². The van der Waals surface area contributed by atoms with Crippen LogP contribution in [-0.4, -0.2) is 11.3 Å². The molecule has 0 aliphatic carbocycles. The molecule has 0 amide bonds. The smallest absolute Gasteiger partial charge is 0.169 e. The molecule has 0 aliphatic heterocycles. The first kappa shape index (κ1) is 10.1. The maximum absolute atomic E-state index is 10.8. The second kappa shape index (κ2) is 4.36. The minimum atomic E-state index is 0.472. The SMILES string of the molecule is O=Cc1ncccc1-c1ccc(Br)cc1. The molecule has 2 nitrogen and oxygen atoms in total. The minimum Gasteiger partial charge on any atom is -0.296 e. The average molecular weight is 262 g/mol. The molecule has 3 heteroatoms. The summed E-state index contributed by atoms with van der Waals surface area (Å²) in [6.07, 6.45) is 2.39. The molecular formula is C12H8BrNO. The van der Waals surface area contributed by atoms with Crippen LogP contribution in [0, 0.1) is 0 Å². The Bertz CT molecular complexity index is 479. The molecule has 0 atom stereocenters. The molecule has 0 bridgehead atoms. The van der Waals surface area contributed by atoms with Crippen LogP contribution in [0.25, 0.3) is 11.1 Å². The van der Waals surface area contributed by atoms with Gasteiger partial charge in [-0.2, -0.15) is 0 Å². The van der Waals surface area contributed by atoms with Crippen LogP contribution < -0.4 is 0 Å². The molecule has 1 aromatic heterocycles. The van der Waals surface area contributed by atoms with Gasteiger partial charge in [-0.1, -0.05) is 34.1 Å². The number of benzene rings is 1. The summed E-state index contributed by atoms with van der Waals surface area (Å²) in [5, 5.41) is 0. The van der Waals surface area contributed by atoms with Crippen LogP contribution in [0.4, 0.5) is 0 Å². The van der Waals surface area contributed by atoms with Gasteiger partial charge in [0, 0.05) is 16.2 Å². The lowest BCUT2D eigenvalue weighted by atomic mass is 10.1. The van der Waals surface area contributed by atoms with Crippen LogP contribution in [0.5, 0.6) is 0 Å². The second-order valence-electron chi connectivity index (χ2n) is 3.06. The molecule has 0 fully saturated rings. The summed E-state index contributed by atoms with van der Waals surface area (Å²) in [6, 6.07) is 11.5. The Kier molecular flexibility index (Phi) is 2.92. The van der Waals surface area contributed by atoms with Crippen LogP contribution in [0.2, 0.25) is 0 Å². The predicted molar refractivity (Wildman–Crippen MR) is 62.8 cm³/mol. The zero-order valence-electron chi connectivity index (χ0n) is 7.85. The average Bonchev–Trinajstić information content (AvgIpc) is 2.30. The Balaban J connectivity index is 2.53. The third-order valence-corrected chi connectivity index (χ3v) is 2.63. The molecule has 2 aromatic rings. The summed E-state index contributed by atoms with van der Waals surface area (Å²) < 4.78 is 1.02. The van der Waals surface area contributed by atoms with Gasteiger partial charge in [0.15, 0.2) is 6.29 Å². The monoisotopic (exact) mass is 261 g/mol. The summed E-state index contributed by atoms with van der Waals surface area (Å²) in [7, 11) is 0. The lowest BCUT2D eigenvalue weighted by Gasteiger charge is -2.03. The summed E-state index contributed by atoms with van der Waals surface area (Å²) in [6.45, 7) is 0. The highest BCUT2D eigenvalue weighted by Crippen LogP contribution is 2.22. The molecule has 0 N–H and O–H groups in total. The highest BCUT2D eigenvalue weighted by molar-refractivity contribution is 9.10. The fourth-order valence-electron chi connectivity index (χ4n) is 1.38. The lowest BCUT2D eigenvalue weighted by Crippen LogP contribution is -1.90. The molecular weight excluding hydrogens is 254 g/mol. The van der Waals surface area contributed by atoms with Crippen molar-refractivity contribution in [3.63, 3.8) is 0 Å². The molecule has 1 heterocycles. The molecule has 0 aliphatic rings. The normalized spacial score (nSPS) is 9.93. The van der Waals surface area contributed by atoms with Crippen LogP contribution >= 0.6 is 15.9 Å². The van der Waals surface area contributed by atoms with E-state index in [1.807, 2.05) is 36.4 Å². The van der Waals surface area contributed by atoms with E-state index in [2.05, 4.69) is 20.9 Å². The third kappa shape index (κ3) is 2.13. The van der Waals surface area contributed by atoms with Gasteiger partial charge in [-0.15, -0.1) is 0 Å². The van der Waals surface area contributed by atoms with Crippen molar-refractivity contribution in [1.82, 2.24) is 4.98 Å². The first-order chi connectivity index (χ1) is 7.31. The highest BCUT2D eigenvalue weighted by atomic mass is 79.9. The molecule has 0 unspecified atom stereocenters. The number of carbonyl (C=O) groups is 1. The lowest BCUT2D eigenvalue weighted by molar-refractivity contribution is 0.111. The standard InChI is InChI=1S/C12H8BrNO/c13-10-5-3-9(4-6-10)11-2-1-7-14-12(11)8-15/h1-8H. The Morgan fingerprint density at radius 3 is 2.53 bits per heavy atom. The Morgan fingerprint density at radius 2 is 1.87 bits per heavy atom. The Morgan fingerprint density at radius 1 is 1.13 bits per heavy atom. The van der Waals surface area contributed by atoms with Crippen LogP contribution in [0.3, 0.4) is 0 Å². The van der Waals surface area contributed by atoms with Crippen LogP contribution in [-0.2, 0) is 0 Å². The van der Waals surface area contributed by atoms with Crippen LogP contribution in [0.1, 0.15) is 10.5 Å². The first-order valence-corrected chi connectivity index (χ1v) is 5.26. The van der Waals surface area contributed by atoms with Crippen LogP contribution in [0.15, 0.2) is 47.1 Å². The number of aldehydes is 1. The Hall–Kier alpha value is -1.48. The molecule has 0 radical (unpaired) electrons. The van der Waals surface area contributed by atoms with E-state index in [4.69, 9.17) is 0 Å². The van der Waals surface area contributed by atoms with Crippen molar-refractivity contribution in [2.24, 2.45) is 0 Å². The zero-order valence-corrected chi connectivity index (χ0v) is 9.44. The third-order valence-electron chi connectivity index (χ3n) is 2.11. The predicted octanol–water partition coefficient (Wildman–Crippen LogP) is 3.32. The molecule has 1 aromatic carbocycles. The van der Waals surface area contributed by atoms with Gasteiger partial charge < -0.3 is 0 Å². The van der Waals surface area contributed by atoms with Gasteiger partial charge in [-0.3, -0.25) is 9.78 Å². The van der Waals surface area contributed by atoms with Gasteiger partial charge in [-0.25, -0.2) is 0 Å². The second-order valence-corrected chi connectivity index (χ2v) is 3.98. The van der Waals surface area contributed by atoms with E-state index in [1.165, 1.54) is 0 Å². The molecule has 74 valence electrons. The quantitative estimate of drug-likeness (QED) is 0.777. The van der Waals surface area contributed by atoms with E-state index in [1.54, 1.807) is 6.20 Å². The van der Waals surface area contributed by atoms with Gasteiger partial charge in [0.1, 0.15) is 5.69 Å². The molecule has 0 spiro atoms. The largest absolute Gasteiger partial charge is 0.296 e. The summed E-state index contributed by atoms with van der Waals surface area (Å²) in [4.78, 5) is 14.8. The highest BCUT2D eigenvalue weighted by Gasteiger charge is 2.03. The molecule has 15 heavy (non-hydrogen) atoms. The zero-order chi connectivity index (χ0) is 10.7. The number of aromatic nitrogens is 1. The summed E-state index contributed by atoms with van der Waals surface area (Å²) >= 11 is 3.37. The number of halogens is 1. The van der Waals surface area contributed by atoms with Crippen molar-refractivity contribution in [2.45, 2.75) is 0 Å².